The Balaban J connectivity index is 0.000000126. The van der Waals surface area contributed by atoms with Crippen LogP contribution in [-0.4, -0.2) is 167 Å². The molecule has 50 atom stereocenters. The number of rotatable bonds is 20. The lowest BCUT2D eigenvalue weighted by atomic mass is 9.43. The van der Waals surface area contributed by atoms with Crippen molar-refractivity contribution in [1.29, 1.82) is 0 Å². The first-order valence-electron chi connectivity index (χ1n) is 58.7. The third-order valence-electron chi connectivity index (χ3n) is 51.3. The molecule has 20 aliphatic carbocycles. The molecular formula is C120H200O20. The largest absolute Gasteiger partial charge is 0.481 e. The molecule has 0 saturated heterocycles. The van der Waals surface area contributed by atoms with Crippen molar-refractivity contribution >= 4 is 29.8 Å². The molecule has 0 aromatic carbocycles. The summed E-state index contributed by atoms with van der Waals surface area (Å²) < 4.78 is 0. The van der Waals surface area contributed by atoms with E-state index in [4.69, 9.17) is 25.5 Å². The first kappa shape index (κ1) is 110. The highest BCUT2D eigenvalue weighted by Gasteiger charge is 2.71. The maximum Gasteiger partial charge on any atom is 0.303 e. The van der Waals surface area contributed by atoms with E-state index in [1.165, 1.54) is 116 Å². The highest BCUT2D eigenvalue weighted by Crippen LogP contribution is 2.76. The quantitative estimate of drug-likeness (QED) is 0.0538. The molecule has 0 spiro atoms. The topological polar surface area (TPSA) is 389 Å². The number of hydrogen-bond donors (Lipinski definition) is 15. The normalized spacial score (nSPS) is 51.7. The van der Waals surface area contributed by atoms with Crippen molar-refractivity contribution < 1.29 is 101 Å². The van der Waals surface area contributed by atoms with Gasteiger partial charge in [-0.25, -0.2) is 0 Å². The van der Waals surface area contributed by atoms with Gasteiger partial charge in [-0.05, 0) is 521 Å². The molecular weight excluding hydrogens is 1760 g/mol. The van der Waals surface area contributed by atoms with E-state index in [0.29, 0.717) is 166 Å². The smallest absolute Gasteiger partial charge is 0.303 e. The Hall–Kier alpha value is -3.05. The molecule has 20 fully saturated rings. The Morgan fingerprint density at radius 3 is 0.800 bits per heavy atom. The molecule has 800 valence electrons. The molecule has 0 radical (unpaired) electrons. The van der Waals surface area contributed by atoms with E-state index in [1.54, 1.807) is 0 Å². The second kappa shape index (κ2) is 42.3. The van der Waals surface area contributed by atoms with Gasteiger partial charge in [0.2, 0.25) is 0 Å². The van der Waals surface area contributed by atoms with Gasteiger partial charge in [0.15, 0.2) is 0 Å². The third-order valence-corrected chi connectivity index (χ3v) is 51.3. The van der Waals surface area contributed by atoms with Crippen molar-refractivity contribution in [1.82, 2.24) is 0 Å². The average molecular weight is 1960 g/mol. The second-order valence-electron chi connectivity index (χ2n) is 56.7. The number of hydrogen-bond acceptors (Lipinski definition) is 15. The van der Waals surface area contributed by atoms with E-state index in [0.717, 1.165) is 191 Å². The highest BCUT2D eigenvalue weighted by molar-refractivity contribution is 5.68. The second-order valence-corrected chi connectivity index (χ2v) is 56.7. The van der Waals surface area contributed by atoms with Crippen LogP contribution in [-0.2, 0) is 24.0 Å². The lowest BCUT2D eigenvalue weighted by molar-refractivity contribution is -0.207. The van der Waals surface area contributed by atoms with Gasteiger partial charge in [-0.1, -0.05) is 104 Å². The third kappa shape index (κ3) is 19.9. The van der Waals surface area contributed by atoms with E-state index >= 15 is 0 Å². The molecule has 20 aliphatic rings. The number of aliphatic hydroxyl groups is 10. The molecule has 0 heterocycles. The predicted molar refractivity (Wildman–Crippen MR) is 543 cm³/mol. The number of aliphatic carboxylic acids is 5. The van der Waals surface area contributed by atoms with Crippen LogP contribution in [0, 0.1) is 232 Å². The van der Waals surface area contributed by atoms with Crippen LogP contribution in [0.15, 0.2) is 0 Å². The van der Waals surface area contributed by atoms with Gasteiger partial charge in [-0.3, -0.25) is 24.0 Å². The minimum Gasteiger partial charge on any atom is -0.481 e. The van der Waals surface area contributed by atoms with E-state index in [1.807, 2.05) is 0 Å². The maximum atomic E-state index is 11.5. The summed E-state index contributed by atoms with van der Waals surface area (Å²) >= 11 is 0. The SMILES string of the molecule is CC(CCC(=O)O)C1CCC2C3C(O)CC4CC(O)CCC4(C)C3CC(O)C12C.CC(CCC(=O)O)C1CCC2C3C(O)CC4CC(O)CCC4(C)C3CCC12C.CC(CCC(=O)O)C1CCC2C3C(O)CC4CC(O)CCC4(C)C3CCC12C.CC(CCC(=O)O)C1CCC2C3CCC4CC(O)CCC4(C)C3CC(O)C12C.CC(CCC(=O)O)C1CCC2C3CCC4CC(O)CCC4(C)C3CCC12C. The molecule has 50 unspecified atom stereocenters. The lowest BCUT2D eigenvalue weighted by Gasteiger charge is -2.63. The Kier molecular flexibility index (Phi) is 33.1. The summed E-state index contributed by atoms with van der Waals surface area (Å²) in [6.45, 7) is 35.5. The van der Waals surface area contributed by atoms with Crippen LogP contribution in [0.1, 0.15) is 425 Å². The Labute approximate surface area is 843 Å². The minimum atomic E-state index is -0.748. The minimum absolute atomic E-state index is 0.0561. The van der Waals surface area contributed by atoms with Crippen LogP contribution >= 0.6 is 0 Å². The number of carboxylic acids is 5. The van der Waals surface area contributed by atoms with Crippen LogP contribution in [0.4, 0.5) is 0 Å². The fourth-order valence-corrected chi connectivity index (χ4v) is 43.6. The highest BCUT2D eigenvalue weighted by atomic mass is 16.4. The first-order chi connectivity index (χ1) is 65.8. The Morgan fingerprint density at radius 2 is 0.450 bits per heavy atom. The van der Waals surface area contributed by atoms with E-state index in [9.17, 15) is 75.0 Å². The van der Waals surface area contributed by atoms with Gasteiger partial charge in [-0.15, -0.1) is 0 Å². The Bertz CT molecular complexity index is 4120. The molecule has 20 rings (SSSR count). The molecule has 0 aliphatic heterocycles. The maximum absolute atomic E-state index is 11.5. The molecule has 0 aromatic heterocycles. The first-order valence-corrected chi connectivity index (χ1v) is 58.7. The lowest BCUT2D eigenvalue weighted by Crippen LogP contribution is -2.62. The van der Waals surface area contributed by atoms with Crippen molar-refractivity contribution in [2.45, 2.75) is 486 Å². The number of carbonyl (C=O) groups is 5. The van der Waals surface area contributed by atoms with Gasteiger partial charge in [0.1, 0.15) is 0 Å². The van der Waals surface area contributed by atoms with Crippen LogP contribution in [0.3, 0.4) is 0 Å². The number of aliphatic hydroxyl groups excluding tert-OH is 10. The zero-order valence-electron chi connectivity index (χ0n) is 89.7. The summed E-state index contributed by atoms with van der Waals surface area (Å²) in [6, 6.07) is 0. The van der Waals surface area contributed by atoms with Crippen molar-refractivity contribution in [3.8, 4) is 0 Å². The fraction of sp³-hybridized carbons (Fsp3) is 0.958. The predicted octanol–water partition coefficient (Wildman–Crippen LogP) is 22.4. The molecule has 0 amide bonds. The molecule has 20 nitrogen and oxygen atoms in total. The molecule has 20 saturated carbocycles. The summed E-state index contributed by atoms with van der Waals surface area (Å²) in [5.74, 6) is 12.2. The Morgan fingerprint density at radius 1 is 0.221 bits per heavy atom. The monoisotopic (exact) mass is 1960 g/mol. The average Bonchev–Trinajstić information content (AvgIpc) is 1.48. The fourth-order valence-electron chi connectivity index (χ4n) is 43.6. The molecule has 140 heavy (non-hydrogen) atoms. The van der Waals surface area contributed by atoms with E-state index < -0.39 is 36.0 Å². The number of fused-ring (bicyclic) bond motifs is 25. The van der Waals surface area contributed by atoms with Gasteiger partial charge in [0, 0.05) is 32.1 Å². The van der Waals surface area contributed by atoms with Crippen molar-refractivity contribution in [2.75, 3.05) is 0 Å². The summed E-state index contributed by atoms with van der Waals surface area (Å²) in [6.07, 6.45) is 46.1. The summed E-state index contributed by atoms with van der Waals surface area (Å²) in [4.78, 5) is 55.3. The van der Waals surface area contributed by atoms with Crippen LogP contribution in [0.2, 0.25) is 0 Å². The molecule has 15 N–H and O–H groups in total. The van der Waals surface area contributed by atoms with Crippen molar-refractivity contribution in [3.05, 3.63) is 0 Å². The molecule has 20 heteroatoms. The zero-order chi connectivity index (χ0) is 101. The van der Waals surface area contributed by atoms with E-state index in [-0.39, 0.29) is 136 Å². The summed E-state index contributed by atoms with van der Waals surface area (Å²) in [7, 11) is 0. The van der Waals surface area contributed by atoms with Crippen LogP contribution in [0.5, 0.6) is 0 Å². The summed E-state index contributed by atoms with van der Waals surface area (Å²) in [5.41, 5.74) is 2.00. The van der Waals surface area contributed by atoms with Gasteiger partial charge < -0.3 is 76.6 Å². The molecule has 0 bridgehead atoms. The van der Waals surface area contributed by atoms with E-state index in [2.05, 4.69) is 104 Å². The number of carboxylic acid groups (broad SMARTS) is 5. The van der Waals surface area contributed by atoms with Crippen molar-refractivity contribution in [3.63, 3.8) is 0 Å². The summed E-state index contributed by atoms with van der Waals surface area (Å²) in [5, 5.41) is 153. The van der Waals surface area contributed by atoms with Gasteiger partial charge in [-0.2, -0.15) is 0 Å². The van der Waals surface area contributed by atoms with Gasteiger partial charge in [0.05, 0.1) is 61.0 Å². The van der Waals surface area contributed by atoms with Gasteiger partial charge in [0.25, 0.3) is 0 Å². The van der Waals surface area contributed by atoms with Crippen LogP contribution in [0.25, 0.3) is 0 Å². The standard InChI is InChI=1S/C24H40O5.3C24H40O4.C24H40O3/c1-13(4-7-21(28)29)16-5-6-17-22-18(12-20(27)24(16,17)3)23(2)9-8-15(25)10-14(23)11-19(22)26;1-14(4-9-22(27)28)18-7-8-19-17-6-5-15-12-16(25)10-11-23(15,2)20(17)13-21(26)24(18,19)3;2*1-14(4-7-21(27)28)17-5-6-18-22-19(9-11-24(17,18)3)23(2)10-8-16(25)12-15(23)13-20(22)26;1-15(4-9-22(26)27)19-7-8-20-18-6-5-16-14-17(25)10-12-23(16,2)21(18)11-13-24(19,20)3/h13-20,22,25-27H,4-12H2,1-3H3,(H,28,29);14-21,25-26H,4-13H2,1-3H3,(H,27,28);2*14-20,22,25-26H,4-13H2,1-3H3,(H,27,28);15-21,25H,4-14H2,1-3H3,(H,26,27). The zero-order valence-corrected chi connectivity index (χ0v) is 89.7. The van der Waals surface area contributed by atoms with Crippen LogP contribution < -0.4 is 0 Å². The molecule has 0 aromatic rings. The van der Waals surface area contributed by atoms with Crippen molar-refractivity contribution in [2.24, 2.45) is 232 Å². The van der Waals surface area contributed by atoms with Gasteiger partial charge >= 0.3 is 29.8 Å².